The minimum absolute atomic E-state index is 0.855. The fraction of sp³-hybridized carbons (Fsp3) is 0.471. The number of ether oxygens (including phenoxy) is 1. The summed E-state index contributed by atoms with van der Waals surface area (Å²) in [7, 11) is 0. The highest BCUT2D eigenvalue weighted by molar-refractivity contribution is 7.07. The lowest BCUT2D eigenvalue weighted by Gasteiger charge is -2.26. The molecule has 0 unspecified atom stereocenters. The highest BCUT2D eigenvalue weighted by Gasteiger charge is 2.11. The largest absolute Gasteiger partial charge is 0.379 e. The van der Waals surface area contributed by atoms with Crippen LogP contribution < -0.4 is 4.80 Å². The Morgan fingerprint density at radius 3 is 2.68 bits per heavy atom. The van der Waals surface area contributed by atoms with E-state index in [4.69, 9.17) is 9.73 Å². The Labute approximate surface area is 135 Å². The maximum Gasteiger partial charge on any atom is 0.190 e. The molecule has 1 aromatic carbocycles. The maximum atomic E-state index is 5.41. The van der Waals surface area contributed by atoms with Gasteiger partial charge in [-0.15, -0.1) is 11.3 Å². The molecule has 1 saturated heterocycles. The summed E-state index contributed by atoms with van der Waals surface area (Å²) in [6, 6.07) is 8.29. The zero-order valence-corrected chi connectivity index (χ0v) is 14.1. The number of aryl methyl sites for hydroxylation is 2. The van der Waals surface area contributed by atoms with Gasteiger partial charge in [-0.25, -0.2) is 4.99 Å². The number of morpholine rings is 1. The lowest BCUT2D eigenvalue weighted by molar-refractivity contribution is 0.0362. The lowest BCUT2D eigenvalue weighted by Crippen LogP contribution is -2.39. The Balaban J connectivity index is 1.80. The van der Waals surface area contributed by atoms with E-state index in [0.717, 1.165) is 49.9 Å². The predicted molar refractivity (Wildman–Crippen MR) is 90.7 cm³/mol. The molecule has 0 aliphatic carbocycles. The first-order chi connectivity index (χ1) is 10.7. The standard InChI is InChI=1S/C17H23N3OS/c1-14-5-3-4-6-16(14)18-17-20(15(2)13-22-17)8-7-19-9-11-21-12-10-19/h3-6,13H,7-12H2,1-2H3. The molecule has 3 rings (SSSR count). The van der Waals surface area contributed by atoms with E-state index in [0.29, 0.717) is 0 Å². The molecule has 0 spiro atoms. The van der Waals surface area contributed by atoms with Crippen molar-refractivity contribution in [1.29, 1.82) is 0 Å². The molecule has 4 nitrogen and oxygen atoms in total. The molecule has 5 heteroatoms. The minimum Gasteiger partial charge on any atom is -0.379 e. The van der Waals surface area contributed by atoms with E-state index in [1.165, 1.54) is 11.3 Å². The fourth-order valence-corrected chi connectivity index (χ4v) is 3.55. The summed E-state index contributed by atoms with van der Waals surface area (Å²) in [6.45, 7) is 10.1. The first-order valence-electron chi connectivity index (χ1n) is 7.79. The molecular weight excluding hydrogens is 294 g/mol. The SMILES string of the molecule is Cc1ccccc1N=c1scc(C)n1CCN1CCOCC1. The van der Waals surface area contributed by atoms with Crippen molar-refractivity contribution in [3.05, 3.63) is 45.7 Å². The fourth-order valence-electron chi connectivity index (χ4n) is 2.63. The zero-order chi connectivity index (χ0) is 15.4. The van der Waals surface area contributed by atoms with Crippen LogP contribution in [0.4, 0.5) is 5.69 Å². The number of rotatable bonds is 4. The Bertz CT molecular complexity index is 683. The number of aromatic nitrogens is 1. The predicted octanol–water partition coefficient (Wildman–Crippen LogP) is 2.73. The van der Waals surface area contributed by atoms with Crippen molar-refractivity contribution < 1.29 is 4.74 Å². The Morgan fingerprint density at radius 1 is 1.14 bits per heavy atom. The van der Waals surface area contributed by atoms with Crippen LogP contribution in [-0.4, -0.2) is 42.3 Å². The molecule has 1 aromatic heterocycles. The van der Waals surface area contributed by atoms with E-state index < -0.39 is 0 Å². The highest BCUT2D eigenvalue weighted by atomic mass is 32.1. The normalized spacial score (nSPS) is 17.1. The van der Waals surface area contributed by atoms with Crippen molar-refractivity contribution in [3.63, 3.8) is 0 Å². The Kier molecular flexibility index (Phi) is 5.08. The third kappa shape index (κ3) is 3.66. The van der Waals surface area contributed by atoms with Gasteiger partial charge in [-0.1, -0.05) is 18.2 Å². The van der Waals surface area contributed by atoms with Gasteiger partial charge in [-0.3, -0.25) is 4.90 Å². The maximum absolute atomic E-state index is 5.41. The first-order valence-corrected chi connectivity index (χ1v) is 8.67. The number of para-hydroxylation sites is 1. The summed E-state index contributed by atoms with van der Waals surface area (Å²) in [4.78, 5) is 8.41. The van der Waals surface area contributed by atoms with Crippen molar-refractivity contribution in [2.24, 2.45) is 4.99 Å². The molecule has 0 bridgehead atoms. The van der Waals surface area contributed by atoms with Crippen LogP contribution in [0.5, 0.6) is 0 Å². The Morgan fingerprint density at radius 2 is 1.91 bits per heavy atom. The van der Waals surface area contributed by atoms with Crippen LogP contribution in [0.25, 0.3) is 0 Å². The van der Waals surface area contributed by atoms with Crippen molar-refractivity contribution in [2.75, 3.05) is 32.8 Å². The van der Waals surface area contributed by atoms with Gasteiger partial charge in [-0.2, -0.15) is 0 Å². The van der Waals surface area contributed by atoms with Crippen molar-refractivity contribution in [3.8, 4) is 0 Å². The van der Waals surface area contributed by atoms with Crippen molar-refractivity contribution in [1.82, 2.24) is 9.47 Å². The van der Waals surface area contributed by atoms with Crippen LogP contribution in [-0.2, 0) is 11.3 Å². The highest BCUT2D eigenvalue weighted by Crippen LogP contribution is 2.16. The summed E-state index contributed by atoms with van der Waals surface area (Å²) in [5.41, 5.74) is 3.56. The third-order valence-electron chi connectivity index (χ3n) is 4.07. The Hall–Kier alpha value is -1.43. The van der Waals surface area contributed by atoms with E-state index >= 15 is 0 Å². The van der Waals surface area contributed by atoms with Gasteiger partial charge in [0.05, 0.1) is 18.9 Å². The number of nitrogens with zero attached hydrogens (tertiary/aromatic N) is 3. The number of hydrogen-bond acceptors (Lipinski definition) is 4. The topological polar surface area (TPSA) is 29.8 Å². The van der Waals surface area contributed by atoms with E-state index in [-0.39, 0.29) is 0 Å². The van der Waals surface area contributed by atoms with Crippen molar-refractivity contribution >= 4 is 17.0 Å². The molecule has 0 atom stereocenters. The van der Waals surface area contributed by atoms with Gasteiger partial charge < -0.3 is 9.30 Å². The van der Waals surface area contributed by atoms with Crippen molar-refractivity contribution in [2.45, 2.75) is 20.4 Å². The molecule has 2 heterocycles. The van der Waals surface area contributed by atoms with Gasteiger partial charge in [0.15, 0.2) is 4.80 Å². The third-order valence-corrected chi connectivity index (χ3v) is 5.05. The molecule has 0 saturated carbocycles. The monoisotopic (exact) mass is 317 g/mol. The second kappa shape index (κ2) is 7.22. The average Bonchev–Trinajstić information content (AvgIpc) is 2.89. The molecule has 1 aliphatic heterocycles. The summed E-state index contributed by atoms with van der Waals surface area (Å²) in [5, 5.41) is 2.19. The van der Waals surface area contributed by atoms with E-state index in [1.807, 2.05) is 6.07 Å². The average molecular weight is 317 g/mol. The summed E-state index contributed by atoms with van der Waals surface area (Å²) < 4.78 is 7.74. The van der Waals surface area contributed by atoms with Crippen LogP contribution in [0.1, 0.15) is 11.3 Å². The van der Waals surface area contributed by atoms with Crippen LogP contribution in [0.2, 0.25) is 0 Å². The van der Waals surface area contributed by atoms with Gasteiger partial charge >= 0.3 is 0 Å². The van der Waals surface area contributed by atoms with Gasteiger partial charge in [0.2, 0.25) is 0 Å². The molecule has 0 radical (unpaired) electrons. The summed E-state index contributed by atoms with van der Waals surface area (Å²) >= 11 is 1.72. The quantitative estimate of drug-likeness (QED) is 0.868. The molecular formula is C17H23N3OS. The van der Waals surface area contributed by atoms with Gasteiger partial charge in [0.25, 0.3) is 0 Å². The molecule has 1 aliphatic rings. The molecule has 0 N–H and O–H groups in total. The summed E-state index contributed by atoms with van der Waals surface area (Å²) in [6.07, 6.45) is 0. The number of benzene rings is 1. The molecule has 2 aromatic rings. The van der Waals surface area contributed by atoms with Gasteiger partial charge in [0, 0.05) is 37.3 Å². The van der Waals surface area contributed by atoms with Crippen LogP contribution in [0.15, 0.2) is 34.6 Å². The molecule has 118 valence electrons. The van der Waals surface area contributed by atoms with Crippen LogP contribution in [0, 0.1) is 13.8 Å². The smallest absolute Gasteiger partial charge is 0.190 e. The van der Waals surface area contributed by atoms with E-state index in [1.54, 1.807) is 11.3 Å². The number of thiazole rings is 1. The molecule has 0 amide bonds. The molecule has 1 fully saturated rings. The minimum atomic E-state index is 0.855. The second-order valence-corrected chi connectivity index (χ2v) is 6.50. The number of hydrogen-bond donors (Lipinski definition) is 0. The van der Waals surface area contributed by atoms with E-state index in [9.17, 15) is 0 Å². The summed E-state index contributed by atoms with van der Waals surface area (Å²) in [5.74, 6) is 0. The molecule has 22 heavy (non-hydrogen) atoms. The first kappa shape index (κ1) is 15.5. The zero-order valence-electron chi connectivity index (χ0n) is 13.3. The van der Waals surface area contributed by atoms with Gasteiger partial charge in [0.1, 0.15) is 0 Å². The van der Waals surface area contributed by atoms with E-state index in [2.05, 4.69) is 46.9 Å². The van der Waals surface area contributed by atoms with Gasteiger partial charge in [-0.05, 0) is 25.5 Å². The van der Waals surface area contributed by atoms with Crippen LogP contribution in [0.3, 0.4) is 0 Å². The lowest BCUT2D eigenvalue weighted by atomic mass is 10.2. The van der Waals surface area contributed by atoms with Crippen LogP contribution >= 0.6 is 11.3 Å². The second-order valence-electron chi connectivity index (χ2n) is 5.66.